The second-order valence-corrected chi connectivity index (χ2v) is 3.98. The monoisotopic (exact) mass is 226 g/mol. The summed E-state index contributed by atoms with van der Waals surface area (Å²) in [5.41, 5.74) is -1.16. The van der Waals surface area contributed by atoms with Crippen LogP contribution in [-0.4, -0.2) is 13.4 Å². The number of pyridine rings is 1. The third-order valence-electron chi connectivity index (χ3n) is 1.36. The van der Waals surface area contributed by atoms with Gasteiger partial charge in [-0.3, -0.25) is 4.98 Å². The van der Waals surface area contributed by atoms with Crippen LogP contribution in [0.1, 0.15) is 5.69 Å². The van der Waals surface area contributed by atoms with Crippen molar-refractivity contribution in [2.75, 3.05) is 0 Å². The zero-order valence-corrected chi connectivity index (χ0v) is 7.43. The normalized spacial score (nSPS) is 12.9. The van der Waals surface area contributed by atoms with Crippen molar-refractivity contribution >= 4 is 10.0 Å². The van der Waals surface area contributed by atoms with Crippen molar-refractivity contribution in [3.63, 3.8) is 0 Å². The van der Waals surface area contributed by atoms with Crippen molar-refractivity contribution in [2.24, 2.45) is 5.14 Å². The first-order valence-electron chi connectivity index (χ1n) is 3.27. The Labute approximate surface area is 77.6 Å². The van der Waals surface area contributed by atoms with Crippen molar-refractivity contribution in [2.45, 2.75) is 11.1 Å². The van der Waals surface area contributed by atoms with Gasteiger partial charge in [0, 0.05) is 6.20 Å². The molecule has 1 heterocycles. The Balaban J connectivity index is 3.14. The molecule has 0 saturated heterocycles. The lowest BCUT2D eigenvalue weighted by molar-refractivity contribution is -0.141. The van der Waals surface area contributed by atoms with Crippen molar-refractivity contribution < 1.29 is 21.6 Å². The van der Waals surface area contributed by atoms with E-state index in [2.05, 4.69) is 10.1 Å². The highest BCUT2D eigenvalue weighted by Crippen LogP contribution is 2.27. The van der Waals surface area contributed by atoms with Crippen LogP contribution in [0, 0.1) is 0 Å². The number of halogens is 3. The van der Waals surface area contributed by atoms with E-state index in [1.807, 2.05) is 0 Å². The quantitative estimate of drug-likeness (QED) is 0.767. The van der Waals surface area contributed by atoms with Gasteiger partial charge in [0.05, 0.1) is 0 Å². The molecule has 1 aromatic rings. The van der Waals surface area contributed by atoms with E-state index in [-0.39, 0.29) is 0 Å². The number of rotatable bonds is 1. The van der Waals surface area contributed by atoms with Gasteiger partial charge in [0.1, 0.15) is 10.6 Å². The van der Waals surface area contributed by atoms with E-state index < -0.39 is 26.8 Å². The number of hydrogen-bond acceptors (Lipinski definition) is 3. The fourth-order valence-corrected chi connectivity index (χ4v) is 1.17. The molecule has 0 fully saturated rings. The smallest absolute Gasteiger partial charge is 0.250 e. The van der Waals surface area contributed by atoms with Gasteiger partial charge >= 0.3 is 6.18 Å². The van der Waals surface area contributed by atoms with Gasteiger partial charge in [0.2, 0.25) is 10.0 Å². The highest BCUT2D eigenvalue weighted by molar-refractivity contribution is 7.89. The maximum Gasteiger partial charge on any atom is 0.433 e. The van der Waals surface area contributed by atoms with Crippen LogP contribution >= 0.6 is 0 Å². The third-order valence-corrected chi connectivity index (χ3v) is 2.25. The summed E-state index contributed by atoms with van der Waals surface area (Å²) in [7, 11) is -3.99. The van der Waals surface area contributed by atoms with Crippen LogP contribution in [0.2, 0.25) is 0 Å². The minimum Gasteiger partial charge on any atom is -0.250 e. The molecule has 0 atom stereocenters. The number of nitrogens with zero attached hydrogens (tertiary/aromatic N) is 1. The molecule has 0 aromatic carbocycles. The fourth-order valence-electron chi connectivity index (χ4n) is 0.716. The highest BCUT2D eigenvalue weighted by Gasteiger charge is 2.32. The summed E-state index contributed by atoms with van der Waals surface area (Å²) < 4.78 is 57.2. The van der Waals surface area contributed by atoms with Crippen molar-refractivity contribution in [1.29, 1.82) is 0 Å². The molecule has 8 heteroatoms. The number of sulfonamides is 1. The predicted molar refractivity (Wildman–Crippen MR) is 40.6 cm³/mol. The van der Waals surface area contributed by atoms with Crippen LogP contribution in [-0.2, 0) is 16.2 Å². The first-order valence-corrected chi connectivity index (χ1v) is 4.82. The second kappa shape index (κ2) is 3.21. The Morgan fingerprint density at radius 2 is 1.86 bits per heavy atom. The molecule has 0 unspecified atom stereocenters. The summed E-state index contributed by atoms with van der Waals surface area (Å²) in [6.07, 6.45) is -4.02. The van der Waals surface area contributed by atoms with Gasteiger partial charge in [-0.1, -0.05) is 0 Å². The van der Waals surface area contributed by atoms with Gasteiger partial charge < -0.3 is 0 Å². The molecule has 1 rings (SSSR count). The Kier molecular flexibility index (Phi) is 2.50. The van der Waals surface area contributed by atoms with E-state index in [0.29, 0.717) is 12.3 Å². The van der Waals surface area contributed by atoms with Gasteiger partial charge in [0.15, 0.2) is 0 Å². The van der Waals surface area contributed by atoms with E-state index in [0.717, 1.165) is 6.07 Å². The Bertz CT molecular complexity index is 423. The molecular formula is C6H5F3N2O2S. The summed E-state index contributed by atoms with van der Waals surface area (Å²) in [5.74, 6) is 0. The molecule has 0 bridgehead atoms. The average Bonchev–Trinajstić information content (AvgIpc) is 2.01. The number of hydrogen-bond donors (Lipinski definition) is 1. The lowest BCUT2D eigenvalue weighted by Crippen LogP contribution is -2.14. The SMILES string of the molecule is NS(=O)(=O)c1ccc(C(F)(F)F)nc1. The molecule has 14 heavy (non-hydrogen) atoms. The lowest BCUT2D eigenvalue weighted by atomic mass is 10.3. The van der Waals surface area contributed by atoms with Crippen molar-refractivity contribution in [3.8, 4) is 0 Å². The van der Waals surface area contributed by atoms with Crippen LogP contribution in [0.25, 0.3) is 0 Å². The molecule has 0 aliphatic rings. The maximum absolute atomic E-state index is 12.0. The van der Waals surface area contributed by atoms with Crippen molar-refractivity contribution in [1.82, 2.24) is 4.98 Å². The van der Waals surface area contributed by atoms with Crippen LogP contribution in [0.4, 0.5) is 13.2 Å². The topological polar surface area (TPSA) is 73.1 Å². The molecule has 0 aliphatic heterocycles. The molecule has 0 amide bonds. The summed E-state index contributed by atoms with van der Waals surface area (Å²) in [4.78, 5) is 2.48. The standard InChI is InChI=1S/C6H5F3N2O2S/c7-6(8,9)5-2-1-4(3-11-5)14(10,12)13/h1-3H,(H2,10,12,13). The summed E-state index contributed by atoms with van der Waals surface area (Å²) in [6, 6.07) is 1.31. The van der Waals surface area contributed by atoms with E-state index >= 15 is 0 Å². The fraction of sp³-hybridized carbons (Fsp3) is 0.167. The van der Waals surface area contributed by atoms with E-state index in [1.165, 1.54) is 0 Å². The molecule has 2 N–H and O–H groups in total. The number of primary sulfonamides is 1. The van der Waals surface area contributed by atoms with Gasteiger partial charge in [-0.15, -0.1) is 0 Å². The molecule has 78 valence electrons. The average molecular weight is 226 g/mol. The van der Waals surface area contributed by atoms with Gasteiger partial charge in [-0.05, 0) is 12.1 Å². The molecule has 0 aliphatic carbocycles. The van der Waals surface area contributed by atoms with Gasteiger partial charge in [-0.25, -0.2) is 13.6 Å². The summed E-state index contributed by atoms with van der Waals surface area (Å²) >= 11 is 0. The lowest BCUT2D eigenvalue weighted by Gasteiger charge is -2.05. The van der Waals surface area contributed by atoms with E-state index in [1.54, 1.807) is 0 Å². The molecule has 0 saturated carbocycles. The van der Waals surface area contributed by atoms with E-state index in [9.17, 15) is 21.6 Å². The van der Waals surface area contributed by atoms with Crippen LogP contribution in [0.15, 0.2) is 23.2 Å². The highest BCUT2D eigenvalue weighted by atomic mass is 32.2. The first-order chi connectivity index (χ1) is 6.21. The Hall–Kier alpha value is -1.15. The summed E-state index contributed by atoms with van der Waals surface area (Å²) in [6.45, 7) is 0. The van der Waals surface area contributed by atoms with Crippen LogP contribution in [0.3, 0.4) is 0 Å². The number of alkyl halides is 3. The molecule has 0 radical (unpaired) electrons. The number of nitrogens with two attached hydrogens (primary N) is 1. The zero-order valence-electron chi connectivity index (χ0n) is 6.62. The minimum absolute atomic E-state index is 0.453. The zero-order chi connectivity index (χ0) is 11.0. The Morgan fingerprint density at radius 3 is 2.14 bits per heavy atom. The van der Waals surface area contributed by atoms with E-state index in [4.69, 9.17) is 0 Å². The maximum atomic E-state index is 12.0. The molecule has 0 spiro atoms. The molecular weight excluding hydrogens is 221 g/mol. The van der Waals surface area contributed by atoms with Crippen LogP contribution in [0.5, 0.6) is 0 Å². The Morgan fingerprint density at radius 1 is 1.29 bits per heavy atom. The van der Waals surface area contributed by atoms with Gasteiger partial charge in [0.25, 0.3) is 0 Å². The molecule has 1 aromatic heterocycles. The largest absolute Gasteiger partial charge is 0.433 e. The minimum atomic E-state index is -4.59. The first kappa shape index (κ1) is 10.9. The van der Waals surface area contributed by atoms with Crippen molar-refractivity contribution in [3.05, 3.63) is 24.0 Å². The molecule has 4 nitrogen and oxygen atoms in total. The predicted octanol–water partition coefficient (Wildman–Crippen LogP) is 0.748. The number of aromatic nitrogens is 1. The third kappa shape index (κ3) is 2.42. The van der Waals surface area contributed by atoms with Crippen LogP contribution < -0.4 is 5.14 Å². The van der Waals surface area contributed by atoms with Gasteiger partial charge in [-0.2, -0.15) is 13.2 Å². The second-order valence-electron chi connectivity index (χ2n) is 2.42. The summed E-state index contributed by atoms with van der Waals surface area (Å²) in [5, 5.41) is 4.67.